The van der Waals surface area contributed by atoms with Crippen LogP contribution in [0.2, 0.25) is 0 Å². The van der Waals surface area contributed by atoms with Crippen LogP contribution in [0.4, 0.5) is 4.39 Å². The van der Waals surface area contributed by atoms with Crippen LogP contribution in [-0.4, -0.2) is 17.8 Å². The molecule has 0 bridgehead atoms. The molecular formula is C12H15FO2. The SMILES string of the molecule is CC(CCc1cc(F)ccc1O)[C@H]1CO1. The van der Waals surface area contributed by atoms with Gasteiger partial charge in [0.25, 0.3) is 0 Å². The van der Waals surface area contributed by atoms with Crippen molar-refractivity contribution in [3.8, 4) is 5.75 Å². The number of halogens is 1. The average molecular weight is 210 g/mol. The fourth-order valence-electron chi connectivity index (χ4n) is 1.71. The second-order valence-electron chi connectivity index (χ2n) is 4.16. The number of aryl methyl sites for hydroxylation is 1. The van der Waals surface area contributed by atoms with Gasteiger partial charge in [0.15, 0.2) is 0 Å². The summed E-state index contributed by atoms with van der Waals surface area (Å²) in [6.45, 7) is 2.96. The Morgan fingerprint density at radius 3 is 3.00 bits per heavy atom. The Hall–Kier alpha value is -1.09. The Bertz CT molecular complexity index is 347. The second-order valence-corrected chi connectivity index (χ2v) is 4.16. The first-order valence-corrected chi connectivity index (χ1v) is 5.26. The molecule has 1 aromatic rings. The van der Waals surface area contributed by atoms with Crippen molar-refractivity contribution < 1.29 is 14.2 Å². The van der Waals surface area contributed by atoms with Crippen molar-refractivity contribution in [3.63, 3.8) is 0 Å². The fraction of sp³-hybridized carbons (Fsp3) is 0.500. The zero-order valence-corrected chi connectivity index (χ0v) is 8.74. The molecule has 1 aliphatic rings. The van der Waals surface area contributed by atoms with Crippen LogP contribution in [0, 0.1) is 11.7 Å². The topological polar surface area (TPSA) is 32.8 Å². The highest BCUT2D eigenvalue weighted by Gasteiger charge is 2.28. The minimum Gasteiger partial charge on any atom is -0.508 e. The van der Waals surface area contributed by atoms with Gasteiger partial charge in [-0.1, -0.05) is 6.92 Å². The van der Waals surface area contributed by atoms with E-state index in [-0.39, 0.29) is 11.6 Å². The molecule has 1 N–H and O–H groups in total. The van der Waals surface area contributed by atoms with Crippen LogP contribution in [0.3, 0.4) is 0 Å². The summed E-state index contributed by atoms with van der Waals surface area (Å²) in [5.74, 6) is 0.367. The van der Waals surface area contributed by atoms with Gasteiger partial charge in [0, 0.05) is 0 Å². The van der Waals surface area contributed by atoms with E-state index in [9.17, 15) is 9.50 Å². The van der Waals surface area contributed by atoms with Gasteiger partial charge in [-0.2, -0.15) is 0 Å². The zero-order chi connectivity index (χ0) is 10.8. The maximum absolute atomic E-state index is 12.9. The molecule has 1 fully saturated rings. The Kier molecular flexibility index (Phi) is 2.91. The van der Waals surface area contributed by atoms with E-state index in [1.165, 1.54) is 18.2 Å². The van der Waals surface area contributed by atoms with Gasteiger partial charge in [-0.25, -0.2) is 4.39 Å². The minimum absolute atomic E-state index is 0.181. The van der Waals surface area contributed by atoms with Gasteiger partial charge in [0.1, 0.15) is 11.6 Å². The Morgan fingerprint density at radius 1 is 1.60 bits per heavy atom. The summed E-state index contributed by atoms with van der Waals surface area (Å²) in [4.78, 5) is 0. The van der Waals surface area contributed by atoms with Crippen LogP contribution < -0.4 is 0 Å². The highest BCUT2D eigenvalue weighted by molar-refractivity contribution is 5.32. The van der Waals surface area contributed by atoms with Crippen LogP contribution in [0.15, 0.2) is 18.2 Å². The number of rotatable bonds is 4. The van der Waals surface area contributed by atoms with Crippen molar-refractivity contribution in [2.75, 3.05) is 6.61 Å². The standard InChI is InChI=1S/C12H15FO2/c1-8(12-7-15-12)2-3-9-6-10(13)4-5-11(9)14/h4-6,8,12,14H,2-3,7H2,1H3/t8?,12-/m1/s1. The summed E-state index contributed by atoms with van der Waals surface area (Å²) in [5, 5.41) is 9.50. The second kappa shape index (κ2) is 4.19. The first-order valence-electron chi connectivity index (χ1n) is 5.26. The van der Waals surface area contributed by atoms with Crippen molar-refractivity contribution in [3.05, 3.63) is 29.6 Å². The molecule has 0 spiro atoms. The Balaban J connectivity index is 1.94. The summed E-state index contributed by atoms with van der Waals surface area (Å²) in [7, 11) is 0. The van der Waals surface area contributed by atoms with Crippen molar-refractivity contribution >= 4 is 0 Å². The van der Waals surface area contributed by atoms with Crippen molar-refractivity contribution in [1.29, 1.82) is 0 Å². The van der Waals surface area contributed by atoms with Crippen LogP contribution in [0.1, 0.15) is 18.9 Å². The van der Waals surface area contributed by atoms with E-state index in [0.29, 0.717) is 24.0 Å². The van der Waals surface area contributed by atoms with Gasteiger partial charge >= 0.3 is 0 Å². The molecule has 2 rings (SSSR count). The molecule has 3 heteroatoms. The minimum atomic E-state index is -0.293. The normalized spacial score (nSPS) is 21.3. The lowest BCUT2D eigenvalue weighted by molar-refractivity contribution is 0.330. The fourth-order valence-corrected chi connectivity index (χ4v) is 1.71. The molecule has 2 atom stereocenters. The van der Waals surface area contributed by atoms with Crippen LogP contribution in [-0.2, 0) is 11.2 Å². The van der Waals surface area contributed by atoms with Crippen molar-refractivity contribution in [2.45, 2.75) is 25.9 Å². The molecule has 0 amide bonds. The number of hydrogen-bond donors (Lipinski definition) is 1. The number of ether oxygens (including phenoxy) is 1. The Labute approximate surface area is 88.7 Å². The highest BCUT2D eigenvalue weighted by atomic mass is 19.1. The number of phenolic OH excluding ortho intramolecular Hbond substituents is 1. The summed E-state index contributed by atoms with van der Waals surface area (Å²) in [5.41, 5.74) is 0.683. The Morgan fingerprint density at radius 2 is 2.33 bits per heavy atom. The number of hydrogen-bond acceptors (Lipinski definition) is 2. The van der Waals surface area contributed by atoms with E-state index in [1.54, 1.807) is 0 Å². The molecule has 0 radical (unpaired) electrons. The van der Waals surface area contributed by atoms with Gasteiger partial charge < -0.3 is 9.84 Å². The van der Waals surface area contributed by atoms with E-state index in [0.717, 1.165) is 13.0 Å². The summed E-state index contributed by atoms with van der Waals surface area (Å²) in [6, 6.07) is 4.07. The van der Waals surface area contributed by atoms with E-state index >= 15 is 0 Å². The molecule has 1 saturated heterocycles. The maximum atomic E-state index is 12.9. The predicted molar refractivity (Wildman–Crippen MR) is 55.3 cm³/mol. The van der Waals surface area contributed by atoms with Gasteiger partial charge in [0.2, 0.25) is 0 Å². The molecule has 15 heavy (non-hydrogen) atoms. The maximum Gasteiger partial charge on any atom is 0.123 e. The summed E-state index contributed by atoms with van der Waals surface area (Å²) >= 11 is 0. The largest absolute Gasteiger partial charge is 0.508 e. The van der Waals surface area contributed by atoms with Gasteiger partial charge in [-0.3, -0.25) is 0 Å². The molecule has 1 unspecified atom stereocenters. The lowest BCUT2D eigenvalue weighted by atomic mass is 9.98. The van der Waals surface area contributed by atoms with Crippen molar-refractivity contribution in [1.82, 2.24) is 0 Å². The molecule has 1 aromatic carbocycles. The molecule has 2 nitrogen and oxygen atoms in total. The smallest absolute Gasteiger partial charge is 0.123 e. The first-order chi connectivity index (χ1) is 7.16. The van der Waals surface area contributed by atoms with Gasteiger partial charge in [-0.15, -0.1) is 0 Å². The molecule has 1 aliphatic heterocycles. The number of phenols is 1. The third-order valence-corrected chi connectivity index (χ3v) is 2.90. The predicted octanol–water partition coefficient (Wildman–Crippen LogP) is 2.50. The number of epoxide rings is 1. The van der Waals surface area contributed by atoms with E-state index in [4.69, 9.17) is 4.74 Å². The third kappa shape index (κ3) is 2.69. The molecular weight excluding hydrogens is 195 g/mol. The van der Waals surface area contributed by atoms with Crippen molar-refractivity contribution in [2.24, 2.45) is 5.92 Å². The first kappa shape index (κ1) is 10.4. The van der Waals surface area contributed by atoms with Gasteiger partial charge in [-0.05, 0) is 42.5 Å². The summed E-state index contributed by atoms with van der Waals surface area (Å²) in [6.07, 6.45) is 1.99. The van der Waals surface area contributed by atoms with Gasteiger partial charge in [0.05, 0.1) is 12.7 Å². The third-order valence-electron chi connectivity index (χ3n) is 2.90. The highest BCUT2D eigenvalue weighted by Crippen LogP contribution is 2.26. The van der Waals surface area contributed by atoms with E-state index < -0.39 is 0 Å². The molecule has 0 saturated carbocycles. The van der Waals surface area contributed by atoms with Crippen LogP contribution in [0.25, 0.3) is 0 Å². The van der Waals surface area contributed by atoms with Crippen LogP contribution in [0.5, 0.6) is 5.75 Å². The lowest BCUT2D eigenvalue weighted by Crippen LogP contribution is -2.04. The average Bonchev–Trinajstić information content (AvgIpc) is 3.02. The van der Waals surface area contributed by atoms with E-state index in [2.05, 4.69) is 6.92 Å². The zero-order valence-electron chi connectivity index (χ0n) is 8.74. The quantitative estimate of drug-likeness (QED) is 0.774. The number of aromatic hydroxyl groups is 1. The molecule has 0 aliphatic carbocycles. The molecule has 1 heterocycles. The number of benzene rings is 1. The summed E-state index contributed by atoms with van der Waals surface area (Å²) < 4.78 is 18.1. The monoisotopic (exact) mass is 210 g/mol. The van der Waals surface area contributed by atoms with Crippen LogP contribution >= 0.6 is 0 Å². The molecule has 82 valence electrons. The molecule has 0 aromatic heterocycles. The lowest BCUT2D eigenvalue weighted by Gasteiger charge is -2.09. The van der Waals surface area contributed by atoms with E-state index in [1.807, 2.05) is 0 Å².